The molecule has 0 aliphatic heterocycles. The van der Waals surface area contributed by atoms with Crippen LogP contribution >= 0.6 is 12.4 Å². The maximum atomic E-state index is 12.4. The van der Waals surface area contributed by atoms with Crippen LogP contribution in [-0.4, -0.2) is 55.4 Å². The van der Waals surface area contributed by atoms with Crippen LogP contribution in [0.15, 0.2) is 29.2 Å². The smallest absolute Gasteiger partial charge is 0.335 e. The van der Waals surface area contributed by atoms with Crippen LogP contribution in [0.2, 0.25) is 0 Å². The highest BCUT2D eigenvalue weighted by atomic mass is 35.5. The standard InChI is InChI=1S/C13H19NO4S.C6H15N5.ClH/c1-3-9-14(10-4-2)19(17,18)12-7-5-11(6-8-12)13(15)16;1-2-3-4-10-6(9)11-5(7)8;/h5-8H,3-4,9-10H2,1-2H3,(H,15,16);2-4H2,1H3,(H6,7,8,9,10,11);1H. The van der Waals surface area contributed by atoms with E-state index in [0.717, 1.165) is 32.2 Å². The maximum absolute atomic E-state index is 12.4. The van der Waals surface area contributed by atoms with Crippen molar-refractivity contribution in [2.75, 3.05) is 19.6 Å². The highest BCUT2D eigenvalue weighted by Crippen LogP contribution is 2.17. The number of nitrogens with two attached hydrogens (primary N) is 1. The van der Waals surface area contributed by atoms with E-state index in [2.05, 4.69) is 17.6 Å². The first-order chi connectivity index (χ1) is 14.1. The molecule has 0 atom stereocenters. The summed E-state index contributed by atoms with van der Waals surface area (Å²) >= 11 is 0. The summed E-state index contributed by atoms with van der Waals surface area (Å²) in [5.41, 5.74) is 5.07. The van der Waals surface area contributed by atoms with Gasteiger partial charge in [-0.3, -0.25) is 16.1 Å². The molecule has 31 heavy (non-hydrogen) atoms. The molecule has 0 aromatic heterocycles. The second-order valence-corrected chi connectivity index (χ2v) is 8.37. The van der Waals surface area contributed by atoms with E-state index in [4.69, 9.17) is 21.7 Å². The third-order valence-electron chi connectivity index (χ3n) is 3.78. The van der Waals surface area contributed by atoms with Crippen molar-refractivity contribution in [3.05, 3.63) is 29.8 Å². The molecule has 0 spiro atoms. The molecular weight excluding hydrogens is 444 g/mol. The van der Waals surface area contributed by atoms with Gasteiger partial charge in [0.1, 0.15) is 0 Å². The molecule has 0 fully saturated rings. The number of carboxylic acids is 1. The summed E-state index contributed by atoms with van der Waals surface area (Å²) in [5.74, 6) is -1.19. The first-order valence-corrected chi connectivity index (χ1v) is 11.3. The lowest BCUT2D eigenvalue weighted by Crippen LogP contribution is -2.43. The number of hydrogen-bond acceptors (Lipinski definition) is 5. The van der Waals surface area contributed by atoms with Gasteiger partial charge in [0, 0.05) is 19.6 Å². The van der Waals surface area contributed by atoms with Crippen molar-refractivity contribution in [1.29, 1.82) is 10.8 Å². The zero-order chi connectivity index (χ0) is 23.2. The van der Waals surface area contributed by atoms with Gasteiger partial charge in [0.05, 0.1) is 10.5 Å². The van der Waals surface area contributed by atoms with Crippen molar-refractivity contribution >= 4 is 40.3 Å². The van der Waals surface area contributed by atoms with E-state index in [-0.39, 0.29) is 34.8 Å². The molecule has 1 aromatic rings. The minimum Gasteiger partial charge on any atom is -0.478 e. The fourth-order valence-electron chi connectivity index (χ4n) is 2.34. The Morgan fingerprint density at radius 3 is 1.97 bits per heavy atom. The van der Waals surface area contributed by atoms with Gasteiger partial charge >= 0.3 is 5.97 Å². The van der Waals surface area contributed by atoms with Crippen molar-refractivity contribution in [2.45, 2.75) is 51.3 Å². The van der Waals surface area contributed by atoms with Crippen LogP contribution in [0.3, 0.4) is 0 Å². The molecule has 12 heteroatoms. The number of rotatable bonds is 10. The zero-order valence-corrected chi connectivity index (χ0v) is 19.9. The number of unbranched alkanes of at least 4 members (excludes halogenated alkanes) is 1. The van der Waals surface area contributed by atoms with Crippen LogP contribution in [-0.2, 0) is 10.0 Å². The summed E-state index contributed by atoms with van der Waals surface area (Å²) in [6, 6.07) is 5.31. The highest BCUT2D eigenvalue weighted by Gasteiger charge is 2.23. The van der Waals surface area contributed by atoms with E-state index in [1.54, 1.807) is 0 Å². The summed E-state index contributed by atoms with van der Waals surface area (Å²) in [7, 11) is -3.53. The Labute approximate surface area is 191 Å². The molecule has 0 amide bonds. The highest BCUT2D eigenvalue weighted by molar-refractivity contribution is 7.89. The van der Waals surface area contributed by atoms with E-state index in [9.17, 15) is 13.2 Å². The summed E-state index contributed by atoms with van der Waals surface area (Å²) in [6.07, 6.45) is 3.58. The molecule has 0 aliphatic carbocycles. The Balaban J connectivity index is 0. The number of sulfonamides is 1. The lowest BCUT2D eigenvalue weighted by atomic mass is 10.2. The van der Waals surface area contributed by atoms with Gasteiger partial charge in [-0.1, -0.05) is 27.2 Å². The van der Waals surface area contributed by atoms with Crippen LogP contribution in [0.5, 0.6) is 0 Å². The fraction of sp³-hybridized carbons (Fsp3) is 0.526. The van der Waals surface area contributed by atoms with Gasteiger partial charge in [0.25, 0.3) is 0 Å². The number of halogens is 1. The second-order valence-electron chi connectivity index (χ2n) is 6.43. The number of benzene rings is 1. The molecule has 1 rings (SSSR count). The van der Waals surface area contributed by atoms with Crippen LogP contribution in [0, 0.1) is 10.8 Å². The molecular formula is C19H35ClN6O4S. The predicted octanol–water partition coefficient (Wildman–Crippen LogP) is 2.41. The molecule has 0 saturated carbocycles. The van der Waals surface area contributed by atoms with Crippen LogP contribution in [0.25, 0.3) is 0 Å². The van der Waals surface area contributed by atoms with Crippen molar-refractivity contribution in [3.63, 3.8) is 0 Å². The third-order valence-corrected chi connectivity index (χ3v) is 5.69. The van der Waals surface area contributed by atoms with Gasteiger partial charge in [-0.05, 0) is 43.5 Å². The lowest BCUT2D eigenvalue weighted by molar-refractivity contribution is 0.0696. The third kappa shape index (κ3) is 12.2. The number of guanidine groups is 2. The predicted molar refractivity (Wildman–Crippen MR) is 126 cm³/mol. The lowest BCUT2D eigenvalue weighted by Gasteiger charge is -2.20. The van der Waals surface area contributed by atoms with Gasteiger partial charge in [-0.25, -0.2) is 13.2 Å². The van der Waals surface area contributed by atoms with E-state index in [0.29, 0.717) is 13.1 Å². The average molecular weight is 479 g/mol. The molecule has 0 heterocycles. The molecule has 0 aliphatic rings. The Bertz CT molecular complexity index is 781. The van der Waals surface area contributed by atoms with Gasteiger partial charge < -0.3 is 16.2 Å². The maximum Gasteiger partial charge on any atom is 0.335 e. The van der Waals surface area contributed by atoms with E-state index < -0.39 is 16.0 Å². The molecule has 10 nitrogen and oxygen atoms in total. The van der Waals surface area contributed by atoms with Crippen molar-refractivity contribution in [3.8, 4) is 0 Å². The van der Waals surface area contributed by atoms with Crippen LogP contribution < -0.4 is 16.4 Å². The Hall–Kier alpha value is -2.37. The zero-order valence-electron chi connectivity index (χ0n) is 18.3. The van der Waals surface area contributed by atoms with Gasteiger partial charge in [0.2, 0.25) is 10.0 Å². The fourth-order valence-corrected chi connectivity index (χ4v) is 3.96. The Morgan fingerprint density at radius 2 is 1.58 bits per heavy atom. The van der Waals surface area contributed by atoms with Crippen molar-refractivity contribution in [2.24, 2.45) is 5.73 Å². The van der Waals surface area contributed by atoms with E-state index >= 15 is 0 Å². The summed E-state index contributed by atoms with van der Waals surface area (Å²) in [5, 5.41) is 27.8. The molecule has 178 valence electrons. The second kappa shape index (κ2) is 16.3. The summed E-state index contributed by atoms with van der Waals surface area (Å²) in [6.45, 7) is 7.60. The molecule has 0 unspecified atom stereocenters. The SMILES string of the molecule is CCCCNC(=N)NC(=N)N.CCCN(CCC)S(=O)(=O)c1ccc(C(=O)O)cc1.Cl. The first-order valence-electron chi connectivity index (χ1n) is 9.87. The molecule has 1 aromatic carbocycles. The number of nitrogens with one attached hydrogen (secondary N) is 4. The van der Waals surface area contributed by atoms with Crippen molar-refractivity contribution < 1.29 is 18.3 Å². The Morgan fingerprint density at radius 1 is 1.06 bits per heavy atom. The minimum atomic E-state index is -3.53. The normalized spacial score (nSPS) is 10.3. The van der Waals surface area contributed by atoms with Gasteiger partial charge in [-0.15, -0.1) is 12.4 Å². The molecule has 0 radical (unpaired) electrons. The number of carbonyl (C=O) groups is 1. The van der Waals surface area contributed by atoms with Gasteiger partial charge in [0.15, 0.2) is 11.9 Å². The van der Waals surface area contributed by atoms with Crippen LogP contribution in [0.4, 0.5) is 0 Å². The van der Waals surface area contributed by atoms with Gasteiger partial charge in [-0.2, -0.15) is 4.31 Å². The molecule has 7 N–H and O–H groups in total. The number of hydrogen-bond donors (Lipinski definition) is 6. The van der Waals surface area contributed by atoms with Crippen molar-refractivity contribution in [1.82, 2.24) is 14.9 Å². The minimum absolute atomic E-state index is 0. The van der Waals surface area contributed by atoms with E-state index in [1.807, 2.05) is 13.8 Å². The number of aromatic carboxylic acids is 1. The first kappa shape index (κ1) is 30.8. The average Bonchev–Trinajstić information content (AvgIpc) is 2.68. The number of carboxylic acid groups (broad SMARTS) is 1. The summed E-state index contributed by atoms with van der Waals surface area (Å²) in [4.78, 5) is 10.9. The van der Waals surface area contributed by atoms with E-state index in [1.165, 1.54) is 28.6 Å². The number of nitrogens with zero attached hydrogens (tertiary/aromatic N) is 1. The quantitative estimate of drug-likeness (QED) is 0.170. The largest absolute Gasteiger partial charge is 0.478 e. The monoisotopic (exact) mass is 478 g/mol. The summed E-state index contributed by atoms with van der Waals surface area (Å²) < 4.78 is 26.2. The topological polar surface area (TPSA) is 172 Å². The Kier molecular flexibility index (Phi) is 16.2. The molecule has 0 saturated heterocycles. The molecule has 0 bridgehead atoms. The van der Waals surface area contributed by atoms with Crippen LogP contribution in [0.1, 0.15) is 56.8 Å².